The summed E-state index contributed by atoms with van der Waals surface area (Å²) in [7, 11) is 0. The molecule has 0 N–H and O–H groups in total. The highest BCUT2D eigenvalue weighted by Crippen LogP contribution is 1.95. The molecule has 1 aromatic rings. The van der Waals surface area contributed by atoms with E-state index in [9.17, 15) is 0 Å². The maximum Gasteiger partial charge on any atom is 0.0949 e. The van der Waals surface area contributed by atoms with Gasteiger partial charge in [0, 0.05) is 12.7 Å². The van der Waals surface area contributed by atoms with Gasteiger partial charge in [-0.25, -0.2) is 4.98 Å². The van der Waals surface area contributed by atoms with Crippen LogP contribution in [0.2, 0.25) is 0 Å². The van der Waals surface area contributed by atoms with Crippen LogP contribution in [0.5, 0.6) is 0 Å². The van der Waals surface area contributed by atoms with Crippen molar-refractivity contribution < 1.29 is 0 Å². The van der Waals surface area contributed by atoms with Gasteiger partial charge >= 0.3 is 0 Å². The first kappa shape index (κ1) is 6.81. The summed E-state index contributed by atoms with van der Waals surface area (Å²) < 4.78 is 1.95. The van der Waals surface area contributed by atoms with E-state index in [1.807, 2.05) is 23.8 Å². The first-order chi connectivity index (χ1) is 4.86. The summed E-state index contributed by atoms with van der Waals surface area (Å²) >= 11 is 0. The summed E-state index contributed by atoms with van der Waals surface area (Å²) in [6, 6.07) is 2.05. The highest BCUT2D eigenvalue weighted by Gasteiger charge is 1.93. The average molecular weight is 135 g/mol. The molecule has 3 heteroatoms. The van der Waals surface area contributed by atoms with E-state index in [0.717, 1.165) is 12.2 Å². The topological polar surface area (TPSA) is 41.6 Å². The third kappa shape index (κ3) is 1.35. The second kappa shape index (κ2) is 3.02. The summed E-state index contributed by atoms with van der Waals surface area (Å²) in [6.45, 7) is 2.95. The zero-order valence-corrected chi connectivity index (χ0v) is 5.91. The molecule has 1 aromatic heterocycles. The van der Waals surface area contributed by atoms with E-state index in [1.54, 1.807) is 6.33 Å². The smallest absolute Gasteiger partial charge is 0.0949 e. The van der Waals surface area contributed by atoms with Crippen LogP contribution < -0.4 is 0 Å². The van der Waals surface area contributed by atoms with Crippen molar-refractivity contribution in [2.24, 2.45) is 0 Å². The van der Waals surface area contributed by atoms with Crippen molar-refractivity contribution in [2.75, 3.05) is 0 Å². The number of nitrogens with zero attached hydrogens (tertiary/aromatic N) is 3. The van der Waals surface area contributed by atoms with Gasteiger partial charge in [0.05, 0.1) is 24.5 Å². The second-order valence-corrected chi connectivity index (χ2v) is 2.03. The highest BCUT2D eigenvalue weighted by molar-refractivity contribution is 5.02. The molecule has 0 saturated carbocycles. The Hall–Kier alpha value is -1.30. The second-order valence-electron chi connectivity index (χ2n) is 2.03. The number of hydrogen-bond donors (Lipinski definition) is 0. The quantitative estimate of drug-likeness (QED) is 0.606. The van der Waals surface area contributed by atoms with Crippen molar-refractivity contribution in [1.29, 1.82) is 5.26 Å². The van der Waals surface area contributed by atoms with Gasteiger partial charge in [-0.1, -0.05) is 0 Å². The minimum Gasteiger partial charge on any atom is -0.337 e. The van der Waals surface area contributed by atoms with E-state index >= 15 is 0 Å². The van der Waals surface area contributed by atoms with Crippen LogP contribution in [0, 0.1) is 11.3 Å². The lowest BCUT2D eigenvalue weighted by Crippen LogP contribution is -1.87. The molecule has 52 valence electrons. The average Bonchev–Trinajstić information content (AvgIpc) is 2.37. The first-order valence-electron chi connectivity index (χ1n) is 3.24. The third-order valence-electron chi connectivity index (χ3n) is 1.31. The van der Waals surface area contributed by atoms with E-state index in [4.69, 9.17) is 5.26 Å². The number of hydrogen-bond acceptors (Lipinski definition) is 2. The number of aryl methyl sites for hydroxylation is 1. The molecule has 0 amide bonds. The zero-order chi connectivity index (χ0) is 7.40. The van der Waals surface area contributed by atoms with Crippen molar-refractivity contribution in [2.45, 2.75) is 19.9 Å². The van der Waals surface area contributed by atoms with E-state index in [-0.39, 0.29) is 0 Å². The fraction of sp³-hybridized carbons (Fsp3) is 0.429. The highest BCUT2D eigenvalue weighted by atomic mass is 15.0. The van der Waals surface area contributed by atoms with Crippen LogP contribution in [0.1, 0.15) is 12.6 Å². The molecule has 0 fully saturated rings. The lowest BCUT2D eigenvalue weighted by Gasteiger charge is -1.89. The van der Waals surface area contributed by atoms with E-state index in [2.05, 4.69) is 4.98 Å². The molecule has 0 aliphatic carbocycles. The lowest BCUT2D eigenvalue weighted by molar-refractivity contribution is 0.761. The predicted octanol–water partition coefficient (Wildman–Crippen LogP) is 0.969. The van der Waals surface area contributed by atoms with Gasteiger partial charge in [-0.3, -0.25) is 0 Å². The Labute approximate surface area is 59.9 Å². The van der Waals surface area contributed by atoms with Crippen LogP contribution in [-0.2, 0) is 13.0 Å². The van der Waals surface area contributed by atoms with Gasteiger partial charge in [-0.15, -0.1) is 0 Å². The number of imidazole rings is 1. The van der Waals surface area contributed by atoms with Crippen molar-refractivity contribution in [3.63, 3.8) is 0 Å². The van der Waals surface area contributed by atoms with Gasteiger partial charge in [0.15, 0.2) is 0 Å². The molecule has 0 aliphatic rings. The van der Waals surface area contributed by atoms with Gasteiger partial charge in [-0.05, 0) is 6.92 Å². The van der Waals surface area contributed by atoms with E-state index in [1.165, 1.54) is 0 Å². The zero-order valence-electron chi connectivity index (χ0n) is 5.91. The Morgan fingerprint density at radius 2 is 2.60 bits per heavy atom. The summed E-state index contributed by atoms with van der Waals surface area (Å²) in [5.74, 6) is 0. The van der Waals surface area contributed by atoms with Crippen LogP contribution >= 0.6 is 0 Å². The first-order valence-corrected chi connectivity index (χ1v) is 3.24. The molecule has 0 unspecified atom stereocenters. The Morgan fingerprint density at radius 3 is 3.10 bits per heavy atom. The monoisotopic (exact) mass is 135 g/mol. The lowest BCUT2D eigenvalue weighted by atomic mass is 10.4. The minimum absolute atomic E-state index is 0.410. The molecule has 0 bridgehead atoms. The third-order valence-corrected chi connectivity index (χ3v) is 1.31. The van der Waals surface area contributed by atoms with Crippen LogP contribution in [-0.4, -0.2) is 9.55 Å². The molecular weight excluding hydrogens is 126 g/mol. The molecule has 0 atom stereocenters. The van der Waals surface area contributed by atoms with Crippen LogP contribution in [0.15, 0.2) is 12.5 Å². The normalized spacial score (nSPS) is 9.20. The Kier molecular flexibility index (Phi) is 2.06. The van der Waals surface area contributed by atoms with Crippen molar-refractivity contribution in [3.8, 4) is 6.07 Å². The molecule has 3 nitrogen and oxygen atoms in total. The fourth-order valence-electron chi connectivity index (χ4n) is 0.752. The summed E-state index contributed by atoms with van der Waals surface area (Å²) in [5.41, 5.74) is 0.851. The molecule has 0 radical (unpaired) electrons. The molecular formula is C7H9N3. The van der Waals surface area contributed by atoms with Crippen molar-refractivity contribution >= 4 is 0 Å². The van der Waals surface area contributed by atoms with Gasteiger partial charge in [-0.2, -0.15) is 5.26 Å². The fourth-order valence-corrected chi connectivity index (χ4v) is 0.752. The van der Waals surface area contributed by atoms with E-state index < -0.39 is 0 Å². The SMILES string of the molecule is CCn1cnc(CC#N)c1. The van der Waals surface area contributed by atoms with Crippen LogP contribution in [0.4, 0.5) is 0 Å². The maximum absolute atomic E-state index is 8.30. The maximum atomic E-state index is 8.30. The van der Waals surface area contributed by atoms with Gasteiger partial charge in [0.2, 0.25) is 0 Å². The largest absolute Gasteiger partial charge is 0.337 e. The molecule has 0 aliphatic heterocycles. The summed E-state index contributed by atoms with van der Waals surface area (Å²) in [5, 5.41) is 8.30. The summed E-state index contributed by atoms with van der Waals surface area (Å²) in [4.78, 5) is 4.02. The van der Waals surface area contributed by atoms with Crippen LogP contribution in [0.3, 0.4) is 0 Å². The molecule has 0 aromatic carbocycles. The Bertz CT molecular complexity index is 244. The number of nitriles is 1. The molecule has 0 saturated heterocycles. The predicted molar refractivity (Wildman–Crippen MR) is 37.2 cm³/mol. The Morgan fingerprint density at radius 1 is 1.80 bits per heavy atom. The Balaban J connectivity index is 2.70. The van der Waals surface area contributed by atoms with Gasteiger partial charge in [0.1, 0.15) is 0 Å². The number of aromatic nitrogens is 2. The molecule has 1 heterocycles. The molecule has 10 heavy (non-hydrogen) atoms. The van der Waals surface area contributed by atoms with E-state index in [0.29, 0.717) is 6.42 Å². The van der Waals surface area contributed by atoms with Gasteiger partial charge in [0.25, 0.3) is 0 Å². The molecule has 1 rings (SSSR count). The van der Waals surface area contributed by atoms with Gasteiger partial charge < -0.3 is 4.57 Å². The van der Waals surface area contributed by atoms with Crippen LogP contribution in [0.25, 0.3) is 0 Å². The summed E-state index contributed by atoms with van der Waals surface area (Å²) in [6.07, 6.45) is 4.04. The molecule has 0 spiro atoms. The number of rotatable bonds is 2. The minimum atomic E-state index is 0.410. The standard InChI is InChI=1S/C7H9N3/c1-2-10-5-7(3-4-8)9-6-10/h5-6H,2-3H2,1H3. The van der Waals surface area contributed by atoms with Crippen molar-refractivity contribution in [3.05, 3.63) is 18.2 Å². The van der Waals surface area contributed by atoms with Crippen molar-refractivity contribution in [1.82, 2.24) is 9.55 Å².